The predicted octanol–water partition coefficient (Wildman–Crippen LogP) is 2.59. The Bertz CT molecular complexity index is 656. The molecule has 0 radical (unpaired) electrons. The summed E-state index contributed by atoms with van der Waals surface area (Å²) in [6.07, 6.45) is 4.01. The first-order valence-electron chi connectivity index (χ1n) is 6.67. The lowest BCUT2D eigenvalue weighted by molar-refractivity contribution is -0.387. The van der Waals surface area contributed by atoms with Crippen molar-refractivity contribution < 1.29 is 17.7 Å². The van der Waals surface area contributed by atoms with Gasteiger partial charge in [0.05, 0.1) is 9.82 Å². The van der Waals surface area contributed by atoms with Gasteiger partial charge in [-0.3, -0.25) is 10.1 Å². The first kappa shape index (κ1) is 15.8. The lowest BCUT2D eigenvalue weighted by Gasteiger charge is -2.09. The molecule has 1 aromatic carbocycles. The molecule has 0 aromatic heterocycles. The highest BCUT2D eigenvalue weighted by molar-refractivity contribution is 7.89. The summed E-state index contributed by atoms with van der Waals surface area (Å²) in [5, 5.41) is 10.5. The third kappa shape index (κ3) is 3.98. The van der Waals surface area contributed by atoms with Crippen LogP contribution in [0.1, 0.15) is 32.6 Å². The maximum Gasteiger partial charge on any atom is 0.304 e. The smallest absolute Gasteiger partial charge is 0.258 e. The number of nitrogens with zero attached hydrogens (tertiary/aromatic N) is 1. The van der Waals surface area contributed by atoms with Gasteiger partial charge in [-0.05, 0) is 37.2 Å². The van der Waals surface area contributed by atoms with Crippen molar-refractivity contribution in [1.29, 1.82) is 0 Å². The maximum absolute atomic E-state index is 13.5. The number of sulfonamides is 1. The minimum absolute atomic E-state index is 0.274. The van der Waals surface area contributed by atoms with Gasteiger partial charge in [-0.1, -0.05) is 6.92 Å². The third-order valence-corrected chi connectivity index (χ3v) is 5.24. The summed E-state index contributed by atoms with van der Waals surface area (Å²) in [5.74, 6) is -1.16. The first-order chi connectivity index (χ1) is 9.73. The number of nitrogens with one attached hydrogen (secondary N) is 1. The number of halogens is 1. The number of nitro groups is 1. The van der Waals surface area contributed by atoms with E-state index in [4.69, 9.17) is 0 Å². The molecule has 0 spiro atoms. The van der Waals surface area contributed by atoms with Crippen molar-refractivity contribution in [3.8, 4) is 0 Å². The Morgan fingerprint density at radius 3 is 2.62 bits per heavy atom. The number of nitro benzene ring substituents is 1. The Hall–Kier alpha value is -1.54. The van der Waals surface area contributed by atoms with Crippen molar-refractivity contribution >= 4 is 15.7 Å². The fraction of sp³-hybridized carbons (Fsp3) is 0.538. The molecule has 1 aliphatic carbocycles. The van der Waals surface area contributed by atoms with Crippen LogP contribution >= 0.6 is 0 Å². The largest absolute Gasteiger partial charge is 0.304 e. The van der Waals surface area contributed by atoms with E-state index in [2.05, 4.69) is 11.6 Å². The van der Waals surface area contributed by atoms with Gasteiger partial charge in [-0.25, -0.2) is 13.1 Å². The predicted molar refractivity (Wildman–Crippen MR) is 74.8 cm³/mol. The first-order valence-corrected chi connectivity index (χ1v) is 8.15. The molecule has 0 atom stereocenters. The van der Waals surface area contributed by atoms with Gasteiger partial charge >= 0.3 is 5.69 Å². The number of hydrogen-bond donors (Lipinski definition) is 1. The highest BCUT2D eigenvalue weighted by Crippen LogP contribution is 2.48. The van der Waals surface area contributed by atoms with E-state index in [1.165, 1.54) is 12.8 Å². The molecular formula is C13H17FN2O4S. The van der Waals surface area contributed by atoms with Crippen molar-refractivity contribution in [3.63, 3.8) is 0 Å². The molecule has 0 bridgehead atoms. The fourth-order valence-electron chi connectivity index (χ4n) is 2.07. The normalized spacial score (nSPS) is 16.7. The molecule has 0 aliphatic heterocycles. The van der Waals surface area contributed by atoms with E-state index in [0.717, 1.165) is 18.6 Å². The van der Waals surface area contributed by atoms with E-state index in [1.54, 1.807) is 0 Å². The Morgan fingerprint density at radius 1 is 1.43 bits per heavy atom. The second-order valence-corrected chi connectivity index (χ2v) is 7.45. The van der Waals surface area contributed by atoms with Gasteiger partial charge in [0.1, 0.15) is 0 Å². The third-order valence-electron chi connectivity index (χ3n) is 3.78. The van der Waals surface area contributed by atoms with Crippen LogP contribution in [0.25, 0.3) is 0 Å². The van der Waals surface area contributed by atoms with E-state index < -0.39 is 26.5 Å². The Labute approximate surface area is 122 Å². The minimum atomic E-state index is -3.84. The lowest BCUT2D eigenvalue weighted by Crippen LogP contribution is -2.25. The van der Waals surface area contributed by atoms with Gasteiger partial charge in [0, 0.05) is 18.7 Å². The summed E-state index contributed by atoms with van der Waals surface area (Å²) >= 11 is 0. The van der Waals surface area contributed by atoms with Crippen molar-refractivity contribution in [2.75, 3.05) is 6.54 Å². The summed E-state index contributed by atoms with van der Waals surface area (Å²) < 4.78 is 39.8. The number of benzene rings is 1. The zero-order chi connectivity index (χ0) is 15.7. The van der Waals surface area contributed by atoms with Crippen LogP contribution < -0.4 is 4.72 Å². The average Bonchev–Trinajstić information content (AvgIpc) is 3.12. The lowest BCUT2D eigenvalue weighted by atomic mass is 10.0. The van der Waals surface area contributed by atoms with Crippen molar-refractivity contribution in [2.45, 2.75) is 37.5 Å². The van der Waals surface area contributed by atoms with Gasteiger partial charge < -0.3 is 0 Å². The van der Waals surface area contributed by atoms with Crippen LogP contribution in [0.4, 0.5) is 10.1 Å². The van der Waals surface area contributed by atoms with Gasteiger partial charge in [-0.15, -0.1) is 0 Å². The van der Waals surface area contributed by atoms with Crippen LogP contribution in [0.5, 0.6) is 0 Å². The SMILES string of the molecule is CC1(CCCNS(=O)(=O)c2ccc([N+](=O)[O-])c(F)c2)CC1. The Balaban J connectivity index is 1.98. The minimum Gasteiger partial charge on any atom is -0.258 e. The fourth-order valence-corrected chi connectivity index (χ4v) is 3.16. The molecule has 116 valence electrons. The molecule has 1 aromatic rings. The summed E-state index contributed by atoms with van der Waals surface area (Å²) in [6.45, 7) is 2.43. The number of hydrogen-bond acceptors (Lipinski definition) is 4. The van der Waals surface area contributed by atoms with Gasteiger partial charge in [0.15, 0.2) is 0 Å². The van der Waals surface area contributed by atoms with E-state index in [0.29, 0.717) is 17.9 Å². The monoisotopic (exact) mass is 316 g/mol. The summed E-state index contributed by atoms with van der Waals surface area (Å²) in [5.41, 5.74) is -0.388. The quantitative estimate of drug-likeness (QED) is 0.475. The molecule has 2 rings (SSSR count). The summed E-state index contributed by atoms with van der Waals surface area (Å²) in [7, 11) is -3.84. The highest BCUT2D eigenvalue weighted by Gasteiger charge is 2.36. The highest BCUT2D eigenvalue weighted by atomic mass is 32.2. The Kier molecular flexibility index (Phi) is 4.29. The van der Waals surface area contributed by atoms with Crippen LogP contribution in [-0.2, 0) is 10.0 Å². The standard InChI is InChI=1S/C13H17FN2O4S/c1-13(6-7-13)5-2-8-15-21(19,20)10-3-4-12(16(17)18)11(14)9-10/h3-4,9,15H,2,5-8H2,1H3. The molecule has 0 unspecified atom stereocenters. The zero-order valence-electron chi connectivity index (χ0n) is 11.6. The molecule has 21 heavy (non-hydrogen) atoms. The van der Waals surface area contributed by atoms with E-state index in [1.807, 2.05) is 0 Å². The maximum atomic E-state index is 13.5. The molecule has 0 heterocycles. The van der Waals surface area contributed by atoms with Crippen molar-refractivity contribution in [1.82, 2.24) is 4.72 Å². The van der Waals surface area contributed by atoms with Crippen LogP contribution in [0.2, 0.25) is 0 Å². The van der Waals surface area contributed by atoms with Crippen LogP contribution in [0.15, 0.2) is 23.1 Å². The van der Waals surface area contributed by atoms with Gasteiger partial charge in [0.25, 0.3) is 0 Å². The van der Waals surface area contributed by atoms with Crippen LogP contribution in [0, 0.1) is 21.3 Å². The molecule has 1 saturated carbocycles. The topological polar surface area (TPSA) is 89.3 Å². The molecule has 1 fully saturated rings. The van der Waals surface area contributed by atoms with E-state index in [9.17, 15) is 22.9 Å². The van der Waals surface area contributed by atoms with Crippen molar-refractivity contribution in [2.24, 2.45) is 5.41 Å². The molecule has 8 heteroatoms. The summed E-state index contributed by atoms with van der Waals surface area (Å²) in [6, 6.07) is 2.56. The van der Waals surface area contributed by atoms with E-state index in [-0.39, 0.29) is 11.4 Å². The second-order valence-electron chi connectivity index (χ2n) is 5.68. The van der Waals surface area contributed by atoms with E-state index >= 15 is 0 Å². The average molecular weight is 316 g/mol. The zero-order valence-corrected chi connectivity index (χ0v) is 12.5. The van der Waals surface area contributed by atoms with Gasteiger partial charge in [-0.2, -0.15) is 4.39 Å². The molecule has 0 saturated heterocycles. The Morgan fingerprint density at radius 2 is 2.10 bits per heavy atom. The molecule has 1 aliphatic rings. The molecule has 1 N–H and O–H groups in total. The van der Waals surface area contributed by atoms with Crippen LogP contribution in [0.3, 0.4) is 0 Å². The van der Waals surface area contributed by atoms with Crippen LogP contribution in [-0.4, -0.2) is 19.9 Å². The molecule has 0 amide bonds. The molecule has 6 nitrogen and oxygen atoms in total. The summed E-state index contributed by atoms with van der Waals surface area (Å²) in [4.78, 5) is 9.30. The van der Waals surface area contributed by atoms with Crippen molar-refractivity contribution in [3.05, 3.63) is 34.1 Å². The number of rotatable bonds is 7. The van der Waals surface area contributed by atoms with Gasteiger partial charge in [0.2, 0.25) is 15.8 Å². The second kappa shape index (κ2) is 5.69. The molecular weight excluding hydrogens is 299 g/mol.